The molecule has 0 aliphatic heterocycles. The van der Waals surface area contributed by atoms with Crippen molar-refractivity contribution in [2.24, 2.45) is 0 Å². The SMILES string of the molecule is CC(=O)Nc1ccc(S(=O)(=O)NCCCCCCO)cc1. The molecule has 0 saturated heterocycles. The number of benzene rings is 1. The molecule has 21 heavy (non-hydrogen) atoms. The van der Waals surface area contributed by atoms with E-state index in [-0.39, 0.29) is 17.4 Å². The number of amides is 1. The monoisotopic (exact) mass is 314 g/mol. The molecule has 0 aliphatic carbocycles. The molecule has 7 heteroatoms. The van der Waals surface area contributed by atoms with Crippen molar-refractivity contribution in [1.82, 2.24) is 4.72 Å². The maximum Gasteiger partial charge on any atom is 0.240 e. The second kappa shape index (κ2) is 8.76. The number of rotatable bonds is 9. The first-order valence-electron chi connectivity index (χ1n) is 6.94. The fourth-order valence-corrected chi connectivity index (χ4v) is 2.88. The van der Waals surface area contributed by atoms with Crippen molar-refractivity contribution in [3.05, 3.63) is 24.3 Å². The van der Waals surface area contributed by atoms with E-state index in [9.17, 15) is 13.2 Å². The fourth-order valence-electron chi connectivity index (χ4n) is 1.80. The van der Waals surface area contributed by atoms with E-state index in [0.717, 1.165) is 25.7 Å². The second-order valence-electron chi connectivity index (χ2n) is 4.74. The average molecular weight is 314 g/mol. The van der Waals surface area contributed by atoms with Gasteiger partial charge in [-0.15, -0.1) is 0 Å². The number of anilines is 1. The van der Waals surface area contributed by atoms with E-state index in [2.05, 4.69) is 10.0 Å². The molecule has 1 amide bonds. The smallest absolute Gasteiger partial charge is 0.240 e. The van der Waals surface area contributed by atoms with Crippen LogP contribution >= 0.6 is 0 Å². The summed E-state index contributed by atoms with van der Waals surface area (Å²) >= 11 is 0. The molecule has 0 aromatic heterocycles. The van der Waals surface area contributed by atoms with Crippen LogP contribution in [0.3, 0.4) is 0 Å². The minimum absolute atomic E-state index is 0.173. The van der Waals surface area contributed by atoms with E-state index >= 15 is 0 Å². The molecule has 118 valence electrons. The van der Waals surface area contributed by atoms with Gasteiger partial charge in [0.05, 0.1) is 4.90 Å². The molecular weight excluding hydrogens is 292 g/mol. The number of nitrogens with one attached hydrogen (secondary N) is 2. The van der Waals surface area contributed by atoms with Crippen LogP contribution in [-0.2, 0) is 14.8 Å². The molecule has 0 saturated carbocycles. The highest BCUT2D eigenvalue weighted by Crippen LogP contribution is 2.14. The van der Waals surface area contributed by atoms with Crippen LogP contribution in [0.1, 0.15) is 32.6 Å². The summed E-state index contributed by atoms with van der Waals surface area (Å²) in [5, 5.41) is 11.2. The number of hydrogen-bond acceptors (Lipinski definition) is 4. The summed E-state index contributed by atoms with van der Waals surface area (Å²) in [6.07, 6.45) is 3.26. The topological polar surface area (TPSA) is 95.5 Å². The lowest BCUT2D eigenvalue weighted by Crippen LogP contribution is -2.24. The van der Waals surface area contributed by atoms with Crippen LogP contribution in [-0.4, -0.2) is 32.6 Å². The second-order valence-corrected chi connectivity index (χ2v) is 6.51. The zero-order valence-corrected chi connectivity index (χ0v) is 12.9. The van der Waals surface area contributed by atoms with Crippen molar-refractivity contribution in [1.29, 1.82) is 0 Å². The summed E-state index contributed by atoms with van der Waals surface area (Å²) in [6.45, 7) is 1.94. The molecule has 0 aliphatic rings. The fraction of sp³-hybridized carbons (Fsp3) is 0.500. The highest BCUT2D eigenvalue weighted by Gasteiger charge is 2.12. The predicted molar refractivity (Wildman–Crippen MR) is 81.5 cm³/mol. The lowest BCUT2D eigenvalue weighted by molar-refractivity contribution is -0.114. The van der Waals surface area contributed by atoms with Gasteiger partial charge in [-0.1, -0.05) is 12.8 Å². The van der Waals surface area contributed by atoms with Crippen LogP contribution in [0.5, 0.6) is 0 Å². The maximum absolute atomic E-state index is 12.0. The first-order chi connectivity index (χ1) is 9.95. The summed E-state index contributed by atoms with van der Waals surface area (Å²) in [5.74, 6) is -0.202. The molecule has 1 rings (SSSR count). The Morgan fingerprint density at radius 2 is 1.71 bits per heavy atom. The van der Waals surface area contributed by atoms with Gasteiger partial charge in [-0.05, 0) is 37.1 Å². The van der Waals surface area contributed by atoms with Gasteiger partial charge in [0.2, 0.25) is 15.9 Å². The number of aliphatic hydroxyl groups excluding tert-OH is 1. The van der Waals surface area contributed by atoms with Crippen molar-refractivity contribution in [2.75, 3.05) is 18.5 Å². The molecule has 3 N–H and O–H groups in total. The van der Waals surface area contributed by atoms with Crippen LogP contribution < -0.4 is 10.0 Å². The van der Waals surface area contributed by atoms with E-state index in [4.69, 9.17) is 5.11 Å². The van der Waals surface area contributed by atoms with Gasteiger partial charge in [-0.3, -0.25) is 4.79 Å². The van der Waals surface area contributed by atoms with Gasteiger partial charge in [-0.2, -0.15) is 0 Å². The molecule has 0 unspecified atom stereocenters. The minimum atomic E-state index is -3.51. The lowest BCUT2D eigenvalue weighted by atomic mass is 10.2. The van der Waals surface area contributed by atoms with E-state index in [1.165, 1.54) is 19.1 Å². The highest BCUT2D eigenvalue weighted by molar-refractivity contribution is 7.89. The quantitative estimate of drug-likeness (QED) is 0.602. The van der Waals surface area contributed by atoms with E-state index in [1.807, 2.05) is 0 Å². The Kier molecular flexibility index (Phi) is 7.35. The number of hydrogen-bond donors (Lipinski definition) is 3. The van der Waals surface area contributed by atoms with Gasteiger partial charge < -0.3 is 10.4 Å². The van der Waals surface area contributed by atoms with Crippen molar-refractivity contribution >= 4 is 21.6 Å². The van der Waals surface area contributed by atoms with Gasteiger partial charge in [-0.25, -0.2) is 13.1 Å². The molecule has 6 nitrogen and oxygen atoms in total. The van der Waals surface area contributed by atoms with Crippen molar-refractivity contribution in [3.8, 4) is 0 Å². The minimum Gasteiger partial charge on any atom is -0.396 e. The van der Waals surface area contributed by atoms with Crippen LogP contribution in [0.2, 0.25) is 0 Å². The number of sulfonamides is 1. The summed E-state index contributed by atoms with van der Waals surface area (Å²) < 4.78 is 26.6. The van der Waals surface area contributed by atoms with Crippen molar-refractivity contribution in [3.63, 3.8) is 0 Å². The number of unbranched alkanes of at least 4 members (excludes halogenated alkanes) is 3. The molecule has 0 atom stereocenters. The summed E-state index contributed by atoms with van der Waals surface area (Å²) in [5.41, 5.74) is 0.561. The third-order valence-corrected chi connectivity index (χ3v) is 4.34. The summed E-state index contributed by atoms with van der Waals surface area (Å²) in [6, 6.07) is 6.02. The Morgan fingerprint density at radius 1 is 1.10 bits per heavy atom. The lowest BCUT2D eigenvalue weighted by Gasteiger charge is -2.08. The Bertz CT molecular complexity index is 541. The zero-order chi connectivity index (χ0) is 15.7. The Morgan fingerprint density at radius 3 is 2.29 bits per heavy atom. The van der Waals surface area contributed by atoms with Gasteiger partial charge in [0.15, 0.2) is 0 Å². The first kappa shape index (κ1) is 17.6. The first-order valence-corrected chi connectivity index (χ1v) is 8.42. The summed E-state index contributed by atoms with van der Waals surface area (Å²) in [7, 11) is -3.51. The van der Waals surface area contributed by atoms with Gasteiger partial charge >= 0.3 is 0 Å². The average Bonchev–Trinajstić information content (AvgIpc) is 2.42. The van der Waals surface area contributed by atoms with E-state index in [0.29, 0.717) is 12.2 Å². The number of carbonyl (C=O) groups excluding carboxylic acids is 1. The van der Waals surface area contributed by atoms with Crippen molar-refractivity contribution in [2.45, 2.75) is 37.5 Å². The Balaban J connectivity index is 2.48. The molecule has 0 bridgehead atoms. The molecule has 1 aromatic carbocycles. The third kappa shape index (κ3) is 6.70. The highest BCUT2D eigenvalue weighted by atomic mass is 32.2. The van der Waals surface area contributed by atoms with Gasteiger partial charge in [0.1, 0.15) is 0 Å². The van der Waals surface area contributed by atoms with Gasteiger partial charge in [0, 0.05) is 25.8 Å². The van der Waals surface area contributed by atoms with Crippen molar-refractivity contribution < 1.29 is 18.3 Å². The van der Waals surface area contributed by atoms with Crippen LogP contribution in [0, 0.1) is 0 Å². The maximum atomic E-state index is 12.0. The molecule has 1 aromatic rings. The largest absolute Gasteiger partial charge is 0.396 e. The number of carbonyl (C=O) groups is 1. The normalized spacial score (nSPS) is 11.3. The molecule has 0 heterocycles. The third-order valence-electron chi connectivity index (χ3n) is 2.86. The molecule has 0 spiro atoms. The molecule has 0 fully saturated rings. The number of aliphatic hydroxyl groups is 1. The zero-order valence-electron chi connectivity index (χ0n) is 12.1. The molecular formula is C14H22N2O4S. The van der Waals surface area contributed by atoms with E-state index in [1.54, 1.807) is 12.1 Å². The standard InChI is InChI=1S/C14H22N2O4S/c1-12(18)16-13-6-8-14(9-7-13)21(19,20)15-10-4-2-3-5-11-17/h6-9,15,17H,2-5,10-11H2,1H3,(H,16,18). The predicted octanol–water partition coefficient (Wildman–Crippen LogP) is 1.48. The Hall–Kier alpha value is -1.44. The van der Waals surface area contributed by atoms with Crippen LogP contribution in [0.25, 0.3) is 0 Å². The molecule has 0 radical (unpaired) electrons. The summed E-state index contributed by atoms with van der Waals surface area (Å²) in [4.78, 5) is 11.1. The van der Waals surface area contributed by atoms with E-state index < -0.39 is 10.0 Å². The van der Waals surface area contributed by atoms with Gasteiger partial charge in [0.25, 0.3) is 0 Å². The van der Waals surface area contributed by atoms with Crippen LogP contribution in [0.4, 0.5) is 5.69 Å². The van der Waals surface area contributed by atoms with Crippen LogP contribution in [0.15, 0.2) is 29.2 Å². The Labute approximate surface area is 125 Å².